The van der Waals surface area contributed by atoms with Crippen LogP contribution in [-0.4, -0.2) is 46.0 Å². The summed E-state index contributed by atoms with van der Waals surface area (Å²) in [6, 6.07) is 10.5. The normalized spacial score (nSPS) is 16.9. The van der Waals surface area contributed by atoms with Gasteiger partial charge in [-0.05, 0) is 55.8 Å². The van der Waals surface area contributed by atoms with Gasteiger partial charge in [-0.1, -0.05) is 12.1 Å². The maximum Gasteiger partial charge on any atom is 0.238 e. The number of aliphatic imine (C=N–C) groups is 1. The lowest BCUT2D eigenvalue weighted by Crippen LogP contribution is -2.42. The lowest BCUT2D eigenvalue weighted by molar-refractivity contribution is 0.215. The number of benzene rings is 1. The topological polar surface area (TPSA) is 113 Å². The summed E-state index contributed by atoms with van der Waals surface area (Å²) in [5.74, 6) is 1.62. The van der Waals surface area contributed by atoms with Crippen molar-refractivity contribution in [2.24, 2.45) is 10.1 Å². The molecule has 1 atom stereocenters. The largest absolute Gasteiger partial charge is 0.468 e. The van der Waals surface area contributed by atoms with Gasteiger partial charge in [-0.15, -0.1) is 0 Å². The Morgan fingerprint density at radius 3 is 2.50 bits per heavy atom. The zero-order chi connectivity index (χ0) is 20.0. The summed E-state index contributed by atoms with van der Waals surface area (Å²) in [5, 5.41) is 11.7. The minimum absolute atomic E-state index is 0.102. The van der Waals surface area contributed by atoms with Gasteiger partial charge in [0.1, 0.15) is 5.76 Å². The predicted octanol–water partition coefficient (Wildman–Crippen LogP) is 1.43. The molecule has 0 spiro atoms. The maximum atomic E-state index is 11.3. The summed E-state index contributed by atoms with van der Waals surface area (Å²) in [6.45, 7) is 3.32. The first-order valence-corrected chi connectivity index (χ1v) is 10.9. The second-order valence-corrected chi connectivity index (χ2v) is 8.33. The summed E-state index contributed by atoms with van der Waals surface area (Å²) in [5.41, 5.74) is 0.928. The van der Waals surface area contributed by atoms with Crippen LogP contribution in [0.4, 0.5) is 0 Å². The van der Waals surface area contributed by atoms with Crippen molar-refractivity contribution in [1.82, 2.24) is 15.5 Å². The molecule has 0 radical (unpaired) electrons. The Kier molecular flexibility index (Phi) is 6.71. The van der Waals surface area contributed by atoms with Crippen LogP contribution in [0.25, 0.3) is 0 Å². The summed E-state index contributed by atoms with van der Waals surface area (Å²) >= 11 is 0. The molecule has 1 aromatic carbocycles. The molecule has 1 fully saturated rings. The van der Waals surface area contributed by atoms with Gasteiger partial charge >= 0.3 is 0 Å². The van der Waals surface area contributed by atoms with Gasteiger partial charge in [0.25, 0.3) is 0 Å². The molecule has 0 aliphatic carbocycles. The third kappa shape index (κ3) is 5.34. The quantitative estimate of drug-likeness (QED) is 0.474. The Bertz CT molecular complexity index is 873. The second kappa shape index (κ2) is 9.22. The van der Waals surface area contributed by atoms with Gasteiger partial charge in [0.15, 0.2) is 5.96 Å². The third-order valence-electron chi connectivity index (χ3n) is 4.85. The number of hydrogen-bond donors (Lipinski definition) is 3. The van der Waals surface area contributed by atoms with E-state index >= 15 is 0 Å². The molecule has 3 rings (SSSR count). The number of rotatable bonds is 7. The highest BCUT2D eigenvalue weighted by Gasteiger charge is 2.25. The van der Waals surface area contributed by atoms with Crippen LogP contribution in [0, 0.1) is 0 Å². The fourth-order valence-electron chi connectivity index (χ4n) is 3.34. The Balaban J connectivity index is 1.56. The Hall–Kier alpha value is -2.36. The number of nitrogens with zero attached hydrogens (tertiary/aromatic N) is 2. The van der Waals surface area contributed by atoms with E-state index in [1.807, 2.05) is 12.1 Å². The number of hydrogen-bond acceptors (Lipinski definition) is 5. The summed E-state index contributed by atoms with van der Waals surface area (Å²) in [6.07, 6.45) is 4.12. The zero-order valence-electron chi connectivity index (χ0n) is 16.0. The Morgan fingerprint density at radius 1 is 1.21 bits per heavy atom. The first-order valence-electron chi connectivity index (χ1n) is 9.31. The van der Waals surface area contributed by atoms with E-state index in [1.54, 1.807) is 25.4 Å². The smallest absolute Gasteiger partial charge is 0.238 e. The molecule has 4 N–H and O–H groups in total. The molecule has 2 aromatic rings. The third-order valence-corrected chi connectivity index (χ3v) is 5.78. The first kappa shape index (κ1) is 20.4. The maximum absolute atomic E-state index is 11.3. The van der Waals surface area contributed by atoms with Crippen LogP contribution in [0.2, 0.25) is 0 Å². The van der Waals surface area contributed by atoms with Crippen molar-refractivity contribution in [1.29, 1.82) is 0 Å². The number of nitrogens with two attached hydrogens (primary N) is 1. The number of guanidine groups is 1. The lowest BCUT2D eigenvalue weighted by atomic mass is 10.2. The predicted molar refractivity (Wildman–Crippen MR) is 108 cm³/mol. The SMILES string of the molecule is CN=C(NCc1ccc(S(N)(=O)=O)cc1)NCC(c1ccco1)N1CCCC1. The minimum Gasteiger partial charge on any atom is -0.468 e. The first-order chi connectivity index (χ1) is 13.5. The molecule has 28 heavy (non-hydrogen) atoms. The molecule has 0 bridgehead atoms. The van der Waals surface area contributed by atoms with Gasteiger partial charge < -0.3 is 15.1 Å². The van der Waals surface area contributed by atoms with Crippen molar-refractivity contribution in [3.05, 3.63) is 54.0 Å². The average molecular weight is 406 g/mol. The highest BCUT2D eigenvalue weighted by molar-refractivity contribution is 7.89. The molecule has 0 saturated carbocycles. The monoisotopic (exact) mass is 405 g/mol. The van der Waals surface area contributed by atoms with Gasteiger partial charge in [-0.25, -0.2) is 13.6 Å². The van der Waals surface area contributed by atoms with Crippen LogP contribution < -0.4 is 15.8 Å². The Labute approximate surface area is 165 Å². The molecule has 1 aromatic heterocycles. The summed E-state index contributed by atoms with van der Waals surface area (Å²) < 4.78 is 28.3. The van der Waals surface area contributed by atoms with E-state index in [-0.39, 0.29) is 10.9 Å². The van der Waals surface area contributed by atoms with Crippen molar-refractivity contribution in [3.8, 4) is 0 Å². The van der Waals surface area contributed by atoms with Crippen LogP contribution in [0.5, 0.6) is 0 Å². The molecule has 0 amide bonds. The van der Waals surface area contributed by atoms with Crippen LogP contribution in [-0.2, 0) is 16.6 Å². The van der Waals surface area contributed by atoms with E-state index in [0.717, 1.165) is 24.4 Å². The van der Waals surface area contributed by atoms with E-state index in [0.29, 0.717) is 19.0 Å². The minimum atomic E-state index is -3.67. The van der Waals surface area contributed by atoms with Crippen molar-refractivity contribution in [3.63, 3.8) is 0 Å². The molecule has 9 heteroatoms. The fourth-order valence-corrected chi connectivity index (χ4v) is 3.86. The molecular weight excluding hydrogens is 378 g/mol. The van der Waals surface area contributed by atoms with E-state index < -0.39 is 10.0 Å². The molecule has 2 heterocycles. The average Bonchev–Trinajstić information content (AvgIpc) is 3.38. The van der Waals surface area contributed by atoms with Crippen LogP contribution in [0.1, 0.15) is 30.2 Å². The number of furan rings is 1. The fraction of sp³-hybridized carbons (Fsp3) is 0.421. The van der Waals surface area contributed by atoms with Gasteiger partial charge in [-0.3, -0.25) is 9.89 Å². The zero-order valence-corrected chi connectivity index (χ0v) is 16.8. The van der Waals surface area contributed by atoms with Crippen LogP contribution >= 0.6 is 0 Å². The van der Waals surface area contributed by atoms with Gasteiger partial charge in [0.2, 0.25) is 10.0 Å². The molecule has 1 unspecified atom stereocenters. The highest BCUT2D eigenvalue weighted by atomic mass is 32.2. The molecule has 8 nitrogen and oxygen atoms in total. The molecular formula is C19H27N5O3S. The number of primary sulfonamides is 1. The van der Waals surface area contributed by atoms with Crippen LogP contribution in [0.3, 0.4) is 0 Å². The van der Waals surface area contributed by atoms with E-state index in [2.05, 4.69) is 20.5 Å². The lowest BCUT2D eigenvalue weighted by Gasteiger charge is -2.26. The van der Waals surface area contributed by atoms with E-state index in [4.69, 9.17) is 9.56 Å². The van der Waals surface area contributed by atoms with E-state index in [1.165, 1.54) is 25.0 Å². The number of likely N-dealkylation sites (tertiary alicyclic amines) is 1. The molecule has 1 saturated heterocycles. The molecule has 1 aliphatic heterocycles. The van der Waals surface area contributed by atoms with Crippen molar-refractivity contribution < 1.29 is 12.8 Å². The number of nitrogens with one attached hydrogen (secondary N) is 2. The number of sulfonamides is 1. The second-order valence-electron chi connectivity index (χ2n) is 6.77. The molecule has 152 valence electrons. The standard InChI is InChI=1S/C19H27N5O3S/c1-21-19(22-13-15-6-8-16(9-7-15)28(20,25)26)23-14-17(18-5-4-12-27-18)24-10-2-3-11-24/h4-9,12,17H,2-3,10-11,13-14H2,1H3,(H2,20,25,26)(H2,21,22,23). The van der Waals surface area contributed by atoms with Gasteiger partial charge in [-0.2, -0.15) is 0 Å². The summed E-state index contributed by atoms with van der Waals surface area (Å²) in [7, 11) is -1.95. The van der Waals surface area contributed by atoms with Crippen molar-refractivity contribution >= 4 is 16.0 Å². The van der Waals surface area contributed by atoms with Gasteiger partial charge in [0.05, 0.1) is 17.2 Å². The highest BCUT2D eigenvalue weighted by Crippen LogP contribution is 2.24. The molecule has 1 aliphatic rings. The summed E-state index contributed by atoms with van der Waals surface area (Å²) in [4.78, 5) is 6.79. The van der Waals surface area contributed by atoms with Gasteiger partial charge in [0, 0.05) is 20.1 Å². The Morgan fingerprint density at radius 2 is 1.93 bits per heavy atom. The van der Waals surface area contributed by atoms with Crippen LogP contribution in [0.15, 0.2) is 57.0 Å². The van der Waals surface area contributed by atoms with E-state index in [9.17, 15) is 8.42 Å². The van der Waals surface area contributed by atoms with Crippen molar-refractivity contribution in [2.45, 2.75) is 30.3 Å². The van der Waals surface area contributed by atoms with Crippen molar-refractivity contribution in [2.75, 3.05) is 26.7 Å².